The third-order valence-corrected chi connectivity index (χ3v) is 2.44. The molecule has 0 radical (unpaired) electrons. The number of rotatable bonds is 0. The minimum absolute atomic E-state index is 1.19. The summed E-state index contributed by atoms with van der Waals surface area (Å²) < 4.78 is 0. The van der Waals surface area contributed by atoms with E-state index in [1.165, 1.54) is 29.7 Å². The molecular weight excluding hydrogens is 122 g/mol. The Morgan fingerprint density at radius 2 is 2.10 bits per heavy atom. The van der Waals surface area contributed by atoms with Crippen LogP contribution in [0.2, 0.25) is 0 Å². The van der Waals surface area contributed by atoms with E-state index in [4.69, 9.17) is 0 Å². The van der Waals surface area contributed by atoms with Gasteiger partial charge in [-0.25, -0.2) is 0 Å². The smallest absolute Gasteiger partial charge is 0.0404 e. The number of nitrogens with zero attached hydrogens (tertiary/aromatic N) is 1. The normalized spacial score (nSPS) is 14.2. The summed E-state index contributed by atoms with van der Waals surface area (Å²) in [5.41, 5.74) is 5.61. The molecule has 1 heterocycles. The molecule has 52 valence electrons. The maximum absolute atomic E-state index is 4.29. The summed E-state index contributed by atoms with van der Waals surface area (Å²) >= 11 is 0. The van der Waals surface area contributed by atoms with Crippen LogP contribution in [-0.2, 0) is 12.8 Å². The zero-order chi connectivity index (χ0) is 7.14. The van der Waals surface area contributed by atoms with Gasteiger partial charge in [-0.2, -0.15) is 0 Å². The van der Waals surface area contributed by atoms with Crippen LogP contribution < -0.4 is 0 Å². The van der Waals surface area contributed by atoms with E-state index in [0.717, 1.165) is 0 Å². The molecule has 10 heavy (non-hydrogen) atoms. The average molecular weight is 133 g/mol. The lowest BCUT2D eigenvalue weighted by molar-refractivity contribution is 0.805. The molecule has 1 aromatic heterocycles. The van der Waals surface area contributed by atoms with Crippen molar-refractivity contribution in [2.24, 2.45) is 0 Å². The molecule has 0 bridgehead atoms. The third kappa shape index (κ3) is 0.605. The highest BCUT2D eigenvalue weighted by atomic mass is 14.7. The largest absolute Gasteiger partial charge is 0.261 e. The lowest BCUT2D eigenvalue weighted by atomic mass is 9.86. The van der Waals surface area contributed by atoms with Crippen molar-refractivity contribution in [2.45, 2.75) is 26.7 Å². The summed E-state index contributed by atoms with van der Waals surface area (Å²) in [4.78, 5) is 4.29. The zero-order valence-electron chi connectivity index (χ0n) is 6.44. The predicted octanol–water partition coefficient (Wildman–Crippen LogP) is 1.80. The number of hydrogen-bond donors (Lipinski definition) is 0. The Labute approximate surface area is 61.1 Å². The van der Waals surface area contributed by atoms with Gasteiger partial charge in [0, 0.05) is 11.9 Å². The van der Waals surface area contributed by atoms with E-state index in [1.54, 1.807) is 5.56 Å². The van der Waals surface area contributed by atoms with Crippen LogP contribution in [0.5, 0.6) is 0 Å². The quantitative estimate of drug-likeness (QED) is 0.526. The van der Waals surface area contributed by atoms with Gasteiger partial charge in [0.05, 0.1) is 0 Å². The Bertz CT molecular complexity index is 261. The molecule has 0 atom stereocenters. The Kier molecular flexibility index (Phi) is 1.07. The highest BCUT2D eigenvalue weighted by Crippen LogP contribution is 2.26. The van der Waals surface area contributed by atoms with E-state index in [9.17, 15) is 0 Å². The van der Waals surface area contributed by atoms with Crippen molar-refractivity contribution >= 4 is 0 Å². The maximum Gasteiger partial charge on any atom is 0.0404 e. The summed E-state index contributed by atoms with van der Waals surface area (Å²) in [5.74, 6) is 0. The summed E-state index contributed by atoms with van der Waals surface area (Å²) in [7, 11) is 0. The van der Waals surface area contributed by atoms with Gasteiger partial charge in [0.2, 0.25) is 0 Å². The lowest BCUT2D eigenvalue weighted by Gasteiger charge is -2.21. The minimum Gasteiger partial charge on any atom is -0.261 e. The van der Waals surface area contributed by atoms with Crippen LogP contribution in [0.25, 0.3) is 0 Å². The van der Waals surface area contributed by atoms with Crippen molar-refractivity contribution < 1.29 is 0 Å². The van der Waals surface area contributed by atoms with Gasteiger partial charge in [-0.1, -0.05) is 0 Å². The molecular formula is C9H11N. The SMILES string of the molecule is Cc1ncc2c(c1C)CC2. The predicted molar refractivity (Wildman–Crippen MR) is 41.1 cm³/mol. The van der Waals surface area contributed by atoms with Crippen molar-refractivity contribution in [3.63, 3.8) is 0 Å². The first-order chi connectivity index (χ1) is 4.79. The molecule has 0 saturated carbocycles. The summed E-state index contributed by atoms with van der Waals surface area (Å²) in [6.45, 7) is 4.24. The highest BCUT2D eigenvalue weighted by Gasteiger charge is 2.16. The molecule has 0 saturated heterocycles. The molecule has 0 unspecified atom stereocenters. The van der Waals surface area contributed by atoms with Crippen LogP contribution >= 0.6 is 0 Å². The first-order valence-electron chi connectivity index (χ1n) is 3.73. The fourth-order valence-corrected chi connectivity index (χ4v) is 1.46. The molecule has 1 aromatic rings. The number of aryl methyl sites for hydroxylation is 2. The third-order valence-electron chi connectivity index (χ3n) is 2.44. The molecule has 2 rings (SSSR count). The van der Waals surface area contributed by atoms with Gasteiger partial charge in [-0.3, -0.25) is 4.98 Å². The number of hydrogen-bond acceptors (Lipinski definition) is 1. The van der Waals surface area contributed by atoms with E-state index < -0.39 is 0 Å². The van der Waals surface area contributed by atoms with Gasteiger partial charge < -0.3 is 0 Å². The number of pyridine rings is 1. The zero-order valence-corrected chi connectivity index (χ0v) is 6.44. The molecule has 1 heteroatoms. The van der Waals surface area contributed by atoms with Crippen molar-refractivity contribution in [1.29, 1.82) is 0 Å². The Hall–Kier alpha value is -0.850. The second-order valence-corrected chi connectivity index (χ2v) is 2.97. The summed E-state index contributed by atoms with van der Waals surface area (Å²) in [5, 5.41) is 0. The first kappa shape index (κ1) is 5.90. The van der Waals surface area contributed by atoms with Crippen molar-refractivity contribution in [3.8, 4) is 0 Å². The second kappa shape index (κ2) is 1.82. The Morgan fingerprint density at radius 1 is 1.30 bits per heavy atom. The van der Waals surface area contributed by atoms with E-state index in [1.807, 2.05) is 6.20 Å². The van der Waals surface area contributed by atoms with Crippen LogP contribution in [0.4, 0.5) is 0 Å². The fraction of sp³-hybridized carbons (Fsp3) is 0.444. The van der Waals surface area contributed by atoms with Crippen LogP contribution in [-0.4, -0.2) is 4.98 Å². The topological polar surface area (TPSA) is 12.9 Å². The van der Waals surface area contributed by atoms with Gasteiger partial charge in [-0.15, -0.1) is 0 Å². The molecule has 0 aliphatic heterocycles. The minimum atomic E-state index is 1.19. The van der Waals surface area contributed by atoms with E-state index in [2.05, 4.69) is 18.8 Å². The Balaban J connectivity index is 2.66. The maximum atomic E-state index is 4.29. The van der Waals surface area contributed by atoms with Crippen LogP contribution in [0, 0.1) is 13.8 Å². The van der Waals surface area contributed by atoms with Crippen molar-refractivity contribution in [3.05, 3.63) is 28.6 Å². The molecule has 1 aliphatic rings. The monoisotopic (exact) mass is 133 g/mol. The molecule has 0 spiro atoms. The standard InChI is InChI=1S/C9H11N/c1-6-7(2)10-5-8-3-4-9(6)8/h5H,3-4H2,1-2H3. The number of fused-ring (bicyclic) bond motifs is 1. The van der Waals surface area contributed by atoms with Gasteiger partial charge >= 0.3 is 0 Å². The Morgan fingerprint density at radius 3 is 2.60 bits per heavy atom. The average Bonchev–Trinajstić information content (AvgIpc) is 1.82. The van der Waals surface area contributed by atoms with Crippen LogP contribution in [0.15, 0.2) is 6.20 Å². The molecule has 0 fully saturated rings. The van der Waals surface area contributed by atoms with Gasteiger partial charge in [0.15, 0.2) is 0 Å². The lowest BCUT2D eigenvalue weighted by Crippen LogP contribution is -2.12. The highest BCUT2D eigenvalue weighted by molar-refractivity contribution is 5.41. The summed E-state index contributed by atoms with van der Waals surface area (Å²) in [6, 6.07) is 0. The molecule has 0 N–H and O–H groups in total. The van der Waals surface area contributed by atoms with Crippen LogP contribution in [0.1, 0.15) is 22.4 Å². The fourth-order valence-electron chi connectivity index (χ4n) is 1.46. The second-order valence-electron chi connectivity index (χ2n) is 2.97. The molecule has 1 aliphatic carbocycles. The molecule has 0 amide bonds. The van der Waals surface area contributed by atoms with Gasteiger partial charge in [0.25, 0.3) is 0 Å². The first-order valence-corrected chi connectivity index (χ1v) is 3.73. The molecule has 1 nitrogen and oxygen atoms in total. The van der Waals surface area contributed by atoms with E-state index in [0.29, 0.717) is 0 Å². The van der Waals surface area contributed by atoms with Gasteiger partial charge in [0.1, 0.15) is 0 Å². The molecule has 0 aromatic carbocycles. The van der Waals surface area contributed by atoms with Crippen molar-refractivity contribution in [1.82, 2.24) is 4.98 Å². The van der Waals surface area contributed by atoms with Crippen LogP contribution in [0.3, 0.4) is 0 Å². The summed E-state index contributed by atoms with van der Waals surface area (Å²) in [6.07, 6.45) is 4.52. The van der Waals surface area contributed by atoms with Gasteiger partial charge in [-0.05, 0) is 43.4 Å². The number of aromatic nitrogens is 1. The van der Waals surface area contributed by atoms with Crippen molar-refractivity contribution in [2.75, 3.05) is 0 Å². The van der Waals surface area contributed by atoms with E-state index in [-0.39, 0.29) is 0 Å². The van der Waals surface area contributed by atoms with E-state index >= 15 is 0 Å².